The molecule has 0 aromatic carbocycles. The van der Waals surface area contributed by atoms with Crippen LogP contribution in [-0.2, 0) is 28.6 Å². The number of ether oxygens (including phenoxy) is 3. The Hall–Kier alpha value is -2.63. The van der Waals surface area contributed by atoms with Crippen molar-refractivity contribution < 1.29 is 28.6 Å². The number of unbranched alkanes of at least 4 members (excludes halogenated alkanes) is 38. The van der Waals surface area contributed by atoms with Crippen LogP contribution in [0.1, 0.15) is 329 Å². The first-order valence-electron chi connectivity index (χ1n) is 31.1. The highest BCUT2D eigenvalue weighted by atomic mass is 16.6. The zero-order chi connectivity index (χ0) is 51.4. The highest BCUT2D eigenvalue weighted by molar-refractivity contribution is 5.71. The van der Waals surface area contributed by atoms with E-state index < -0.39 is 6.10 Å². The molecule has 0 radical (unpaired) electrons. The normalized spacial score (nSPS) is 12.3. The first kappa shape index (κ1) is 68.4. The number of esters is 3. The van der Waals surface area contributed by atoms with Crippen LogP contribution in [0.25, 0.3) is 0 Å². The predicted octanol–water partition coefficient (Wildman–Crippen LogP) is 21.0. The molecule has 0 N–H and O–H groups in total. The second kappa shape index (κ2) is 59.9. The van der Waals surface area contributed by atoms with E-state index in [1.165, 1.54) is 212 Å². The molecule has 0 saturated heterocycles. The molecule has 0 aromatic heterocycles. The summed E-state index contributed by atoms with van der Waals surface area (Å²) in [7, 11) is 0. The van der Waals surface area contributed by atoms with Gasteiger partial charge in [-0.2, -0.15) is 0 Å². The molecule has 0 heterocycles. The summed E-state index contributed by atoms with van der Waals surface area (Å²) < 4.78 is 16.9. The SMILES string of the molecule is CCCCCCC/C=C\C/C=C\CCCCCCCCCCCCCC(=O)OCC(COC(=O)CCCCCCC/C=C\CCCCCCCC)OC(=O)CCCCCCC/C=C\CCCCCCCC. The van der Waals surface area contributed by atoms with Crippen LogP contribution < -0.4 is 0 Å². The number of carbonyl (C=O) groups excluding carboxylic acids is 3. The van der Waals surface area contributed by atoms with Crippen molar-refractivity contribution in [2.24, 2.45) is 0 Å². The average Bonchev–Trinajstić information content (AvgIpc) is 3.37. The van der Waals surface area contributed by atoms with E-state index >= 15 is 0 Å². The smallest absolute Gasteiger partial charge is 0.306 e. The van der Waals surface area contributed by atoms with Gasteiger partial charge in [0.2, 0.25) is 0 Å². The third-order valence-corrected chi connectivity index (χ3v) is 13.8. The summed E-state index contributed by atoms with van der Waals surface area (Å²) in [5, 5.41) is 0. The maximum atomic E-state index is 12.9. The lowest BCUT2D eigenvalue weighted by Crippen LogP contribution is -2.30. The average molecular weight is 996 g/mol. The molecule has 0 aliphatic heterocycles. The Morgan fingerprint density at radius 2 is 0.507 bits per heavy atom. The predicted molar refractivity (Wildman–Crippen MR) is 307 cm³/mol. The first-order chi connectivity index (χ1) is 35.0. The van der Waals surface area contributed by atoms with Gasteiger partial charge in [0.05, 0.1) is 0 Å². The summed E-state index contributed by atoms with van der Waals surface area (Å²) in [6.07, 6.45) is 73.9. The summed E-state index contributed by atoms with van der Waals surface area (Å²) in [4.78, 5) is 38.2. The van der Waals surface area contributed by atoms with Crippen LogP contribution >= 0.6 is 0 Å². The molecular weight excluding hydrogens is 877 g/mol. The Balaban J connectivity index is 4.32. The fourth-order valence-corrected chi connectivity index (χ4v) is 9.05. The van der Waals surface area contributed by atoms with E-state index in [0.717, 1.165) is 77.0 Å². The van der Waals surface area contributed by atoms with Gasteiger partial charge in [-0.1, -0.05) is 256 Å². The second-order valence-corrected chi connectivity index (χ2v) is 21.0. The minimum absolute atomic E-state index is 0.0781. The minimum Gasteiger partial charge on any atom is -0.462 e. The van der Waals surface area contributed by atoms with Crippen LogP contribution in [0.5, 0.6) is 0 Å². The standard InChI is InChI=1S/C65H118O6/c1-4-7-10-13-16-19-22-25-28-29-30-31-32-33-34-35-38-40-43-46-49-52-55-58-64(67)70-61-62(71-65(68)59-56-53-50-47-44-41-37-27-24-21-18-15-12-9-6-3)60-69-63(66)57-54-51-48-45-42-39-36-26-23-20-17-14-11-8-5-2/h22,25-27,29-30,36-37,62H,4-21,23-24,28,31-35,38-61H2,1-3H3/b25-22-,30-29-,36-26-,37-27-. The van der Waals surface area contributed by atoms with Gasteiger partial charge in [0.25, 0.3) is 0 Å². The molecule has 6 heteroatoms. The molecule has 0 amide bonds. The van der Waals surface area contributed by atoms with E-state index in [4.69, 9.17) is 14.2 Å². The highest BCUT2D eigenvalue weighted by Crippen LogP contribution is 2.16. The summed E-state index contributed by atoms with van der Waals surface area (Å²) in [6.45, 7) is 6.64. The third kappa shape index (κ3) is 58.1. The van der Waals surface area contributed by atoms with Crippen LogP contribution in [0.15, 0.2) is 48.6 Å². The Kier molecular flexibility index (Phi) is 57.7. The van der Waals surface area contributed by atoms with Gasteiger partial charge in [-0.15, -0.1) is 0 Å². The number of hydrogen-bond donors (Lipinski definition) is 0. The molecule has 0 aromatic rings. The Bertz CT molecular complexity index is 1230. The van der Waals surface area contributed by atoms with Gasteiger partial charge in [0.15, 0.2) is 6.10 Å². The van der Waals surface area contributed by atoms with E-state index in [-0.39, 0.29) is 31.1 Å². The van der Waals surface area contributed by atoms with Crippen molar-refractivity contribution >= 4 is 17.9 Å². The highest BCUT2D eigenvalue weighted by Gasteiger charge is 2.19. The van der Waals surface area contributed by atoms with Gasteiger partial charge in [-0.25, -0.2) is 0 Å². The molecule has 0 aliphatic rings. The van der Waals surface area contributed by atoms with E-state index in [2.05, 4.69) is 69.4 Å². The lowest BCUT2D eigenvalue weighted by Gasteiger charge is -2.18. The molecule has 1 atom stereocenters. The van der Waals surface area contributed by atoms with Gasteiger partial charge in [-0.05, 0) is 103 Å². The largest absolute Gasteiger partial charge is 0.462 e. The first-order valence-corrected chi connectivity index (χ1v) is 31.1. The van der Waals surface area contributed by atoms with Gasteiger partial charge in [0, 0.05) is 19.3 Å². The van der Waals surface area contributed by atoms with E-state index in [1.54, 1.807) is 0 Å². The topological polar surface area (TPSA) is 78.9 Å². The van der Waals surface area contributed by atoms with Crippen molar-refractivity contribution in [3.8, 4) is 0 Å². The number of rotatable bonds is 57. The monoisotopic (exact) mass is 995 g/mol. The van der Waals surface area contributed by atoms with Crippen LogP contribution in [-0.4, -0.2) is 37.2 Å². The fraction of sp³-hybridized carbons (Fsp3) is 0.831. The molecule has 6 nitrogen and oxygen atoms in total. The Morgan fingerprint density at radius 3 is 0.789 bits per heavy atom. The molecular formula is C65H118O6. The van der Waals surface area contributed by atoms with E-state index in [0.29, 0.717) is 19.3 Å². The number of carbonyl (C=O) groups is 3. The zero-order valence-corrected chi connectivity index (χ0v) is 47.5. The quantitative estimate of drug-likeness (QED) is 0.0261. The maximum Gasteiger partial charge on any atom is 0.306 e. The van der Waals surface area contributed by atoms with Gasteiger partial charge < -0.3 is 14.2 Å². The van der Waals surface area contributed by atoms with Crippen molar-refractivity contribution in [3.63, 3.8) is 0 Å². The molecule has 0 bridgehead atoms. The third-order valence-electron chi connectivity index (χ3n) is 13.8. The van der Waals surface area contributed by atoms with Crippen LogP contribution in [0.2, 0.25) is 0 Å². The van der Waals surface area contributed by atoms with Crippen molar-refractivity contribution in [2.45, 2.75) is 335 Å². The summed E-state index contributed by atoms with van der Waals surface area (Å²) in [6, 6.07) is 0. The molecule has 0 spiro atoms. The zero-order valence-electron chi connectivity index (χ0n) is 47.5. The summed E-state index contributed by atoms with van der Waals surface area (Å²) >= 11 is 0. The molecule has 71 heavy (non-hydrogen) atoms. The van der Waals surface area contributed by atoms with Crippen molar-refractivity contribution in [2.75, 3.05) is 13.2 Å². The Morgan fingerprint density at radius 1 is 0.282 bits per heavy atom. The molecule has 0 rings (SSSR count). The minimum atomic E-state index is -0.781. The molecule has 414 valence electrons. The fourth-order valence-electron chi connectivity index (χ4n) is 9.05. The molecule has 0 aliphatic carbocycles. The molecule has 0 saturated carbocycles. The molecule has 1 unspecified atom stereocenters. The summed E-state index contributed by atoms with van der Waals surface area (Å²) in [5.41, 5.74) is 0. The van der Waals surface area contributed by atoms with E-state index in [9.17, 15) is 14.4 Å². The summed E-state index contributed by atoms with van der Waals surface area (Å²) in [5.74, 6) is -0.880. The maximum absolute atomic E-state index is 12.9. The lowest BCUT2D eigenvalue weighted by molar-refractivity contribution is -0.167. The van der Waals surface area contributed by atoms with Crippen LogP contribution in [0, 0.1) is 0 Å². The van der Waals surface area contributed by atoms with Crippen molar-refractivity contribution in [3.05, 3.63) is 48.6 Å². The van der Waals surface area contributed by atoms with Crippen LogP contribution in [0.3, 0.4) is 0 Å². The van der Waals surface area contributed by atoms with Crippen molar-refractivity contribution in [1.82, 2.24) is 0 Å². The van der Waals surface area contributed by atoms with E-state index in [1.807, 2.05) is 0 Å². The second-order valence-electron chi connectivity index (χ2n) is 21.0. The van der Waals surface area contributed by atoms with Gasteiger partial charge in [-0.3, -0.25) is 14.4 Å². The van der Waals surface area contributed by atoms with Crippen molar-refractivity contribution in [1.29, 1.82) is 0 Å². The lowest BCUT2D eigenvalue weighted by atomic mass is 10.0. The molecule has 0 fully saturated rings. The number of hydrogen-bond acceptors (Lipinski definition) is 6. The van der Waals surface area contributed by atoms with Gasteiger partial charge >= 0.3 is 17.9 Å². The number of allylic oxidation sites excluding steroid dienone is 8. The Labute approximate surface area is 441 Å². The van der Waals surface area contributed by atoms with Crippen LogP contribution in [0.4, 0.5) is 0 Å². The van der Waals surface area contributed by atoms with Gasteiger partial charge in [0.1, 0.15) is 13.2 Å².